The maximum absolute atomic E-state index is 12.5. The highest BCUT2D eigenvalue weighted by atomic mass is 35.5. The van der Waals surface area contributed by atoms with Crippen LogP contribution < -0.4 is 5.73 Å². The molecule has 1 fully saturated rings. The molecule has 7 heteroatoms. The lowest BCUT2D eigenvalue weighted by molar-refractivity contribution is -0.127. The molecule has 1 heterocycles. The van der Waals surface area contributed by atoms with Gasteiger partial charge in [-0.2, -0.15) is 0 Å². The number of carbonyl (C=O) groups excluding carboxylic acids is 1. The summed E-state index contributed by atoms with van der Waals surface area (Å²) in [7, 11) is -3.70. The first-order valence-corrected chi connectivity index (χ1v) is 9.96. The van der Waals surface area contributed by atoms with Gasteiger partial charge in [-0.1, -0.05) is 41.9 Å². The van der Waals surface area contributed by atoms with Gasteiger partial charge in [-0.15, -0.1) is 0 Å². The average molecular weight is 379 g/mol. The van der Waals surface area contributed by atoms with Gasteiger partial charge in [0.05, 0.1) is 4.90 Å². The van der Waals surface area contributed by atoms with Crippen molar-refractivity contribution in [2.75, 3.05) is 18.8 Å². The maximum atomic E-state index is 12.5. The second-order valence-electron chi connectivity index (χ2n) is 6.19. The number of hydrogen-bond donors (Lipinski definition) is 1. The summed E-state index contributed by atoms with van der Waals surface area (Å²) in [6.07, 6.45) is 0. The van der Waals surface area contributed by atoms with Crippen LogP contribution in [0.5, 0.6) is 0 Å². The molecule has 25 heavy (non-hydrogen) atoms. The summed E-state index contributed by atoms with van der Waals surface area (Å²) in [5, 5.41) is 0.446. The summed E-state index contributed by atoms with van der Waals surface area (Å²) in [6.45, 7) is 0.786. The monoisotopic (exact) mass is 378 g/mol. The molecule has 1 aliphatic heterocycles. The minimum absolute atomic E-state index is 0.0170. The molecule has 3 rings (SSSR count). The first-order chi connectivity index (χ1) is 11.9. The normalized spacial score (nSPS) is 20.6. The average Bonchev–Trinajstić information content (AvgIpc) is 2.98. The predicted octanol–water partition coefficient (Wildman–Crippen LogP) is 2.07. The smallest absolute Gasteiger partial charge is 0.238 e. The molecule has 2 aromatic rings. The third kappa shape index (κ3) is 4.03. The SMILES string of the molecule is N[C@@H]1CN(C(=O)CS(=O)(=O)c2ccc(Cl)cc2)C[C@H]1c1ccccc1. The van der Waals surface area contributed by atoms with Crippen LogP contribution in [0, 0.1) is 0 Å². The van der Waals surface area contributed by atoms with E-state index in [0.29, 0.717) is 18.1 Å². The topological polar surface area (TPSA) is 80.5 Å². The van der Waals surface area contributed by atoms with E-state index in [-0.39, 0.29) is 16.9 Å². The Morgan fingerprint density at radius 2 is 1.72 bits per heavy atom. The molecule has 132 valence electrons. The number of hydrogen-bond acceptors (Lipinski definition) is 4. The van der Waals surface area contributed by atoms with E-state index in [0.717, 1.165) is 5.56 Å². The van der Waals surface area contributed by atoms with Gasteiger partial charge in [-0.25, -0.2) is 8.42 Å². The zero-order chi connectivity index (χ0) is 18.0. The van der Waals surface area contributed by atoms with E-state index >= 15 is 0 Å². The predicted molar refractivity (Wildman–Crippen MR) is 97.2 cm³/mol. The Balaban J connectivity index is 1.71. The number of halogens is 1. The lowest BCUT2D eigenvalue weighted by Gasteiger charge is -2.16. The van der Waals surface area contributed by atoms with Gasteiger partial charge in [0.25, 0.3) is 0 Å². The number of nitrogens with two attached hydrogens (primary N) is 1. The number of amides is 1. The van der Waals surface area contributed by atoms with Crippen LogP contribution in [-0.2, 0) is 14.6 Å². The Hall–Kier alpha value is -1.89. The third-order valence-corrected chi connectivity index (χ3v) is 6.30. The Bertz CT molecular complexity index is 854. The molecule has 0 radical (unpaired) electrons. The molecule has 2 atom stereocenters. The van der Waals surface area contributed by atoms with Crippen molar-refractivity contribution in [2.24, 2.45) is 5.73 Å². The van der Waals surface area contributed by atoms with Crippen LogP contribution in [-0.4, -0.2) is 44.1 Å². The molecule has 0 aliphatic carbocycles. The fourth-order valence-electron chi connectivity index (χ4n) is 3.06. The van der Waals surface area contributed by atoms with Gasteiger partial charge in [-0.3, -0.25) is 4.79 Å². The third-order valence-electron chi connectivity index (χ3n) is 4.43. The summed E-state index contributed by atoms with van der Waals surface area (Å²) in [6, 6.07) is 15.3. The number of rotatable bonds is 4. The van der Waals surface area contributed by atoms with Crippen LogP contribution in [0.25, 0.3) is 0 Å². The van der Waals surface area contributed by atoms with E-state index in [9.17, 15) is 13.2 Å². The number of benzene rings is 2. The molecule has 0 aromatic heterocycles. The molecule has 0 unspecified atom stereocenters. The number of sulfone groups is 1. The fourth-order valence-corrected chi connectivity index (χ4v) is 4.42. The molecule has 0 spiro atoms. The largest absolute Gasteiger partial charge is 0.340 e. The Labute approximate surface area is 152 Å². The summed E-state index contributed by atoms with van der Waals surface area (Å²) < 4.78 is 24.8. The minimum atomic E-state index is -3.70. The Morgan fingerprint density at radius 3 is 2.36 bits per heavy atom. The second-order valence-corrected chi connectivity index (χ2v) is 8.62. The summed E-state index contributed by atoms with van der Waals surface area (Å²) >= 11 is 5.78. The molecule has 1 aliphatic rings. The highest BCUT2D eigenvalue weighted by Crippen LogP contribution is 2.27. The lowest BCUT2D eigenvalue weighted by Crippen LogP contribution is -2.36. The maximum Gasteiger partial charge on any atom is 0.238 e. The molecule has 1 saturated heterocycles. The van der Waals surface area contributed by atoms with Crippen molar-refractivity contribution < 1.29 is 13.2 Å². The van der Waals surface area contributed by atoms with E-state index in [1.165, 1.54) is 29.2 Å². The van der Waals surface area contributed by atoms with E-state index in [2.05, 4.69) is 0 Å². The van der Waals surface area contributed by atoms with E-state index in [4.69, 9.17) is 17.3 Å². The lowest BCUT2D eigenvalue weighted by atomic mass is 9.95. The van der Waals surface area contributed by atoms with Gasteiger partial charge >= 0.3 is 0 Å². The van der Waals surface area contributed by atoms with Crippen molar-refractivity contribution >= 4 is 27.3 Å². The molecule has 0 saturated carbocycles. The van der Waals surface area contributed by atoms with E-state index in [1.54, 1.807) is 0 Å². The van der Waals surface area contributed by atoms with Crippen molar-refractivity contribution in [1.82, 2.24) is 4.90 Å². The van der Waals surface area contributed by atoms with E-state index < -0.39 is 21.5 Å². The van der Waals surface area contributed by atoms with Crippen molar-refractivity contribution in [3.8, 4) is 0 Å². The van der Waals surface area contributed by atoms with Crippen LogP contribution in [0.4, 0.5) is 0 Å². The first-order valence-electron chi connectivity index (χ1n) is 7.93. The van der Waals surface area contributed by atoms with Crippen LogP contribution in [0.15, 0.2) is 59.5 Å². The number of likely N-dealkylation sites (tertiary alicyclic amines) is 1. The van der Waals surface area contributed by atoms with Crippen molar-refractivity contribution in [1.29, 1.82) is 0 Å². The summed E-state index contributed by atoms with van der Waals surface area (Å²) in [5.41, 5.74) is 7.23. The molecule has 1 amide bonds. The van der Waals surface area contributed by atoms with Gasteiger partial charge in [-0.05, 0) is 29.8 Å². The van der Waals surface area contributed by atoms with Crippen LogP contribution in [0.2, 0.25) is 5.02 Å². The molecule has 2 N–H and O–H groups in total. The van der Waals surface area contributed by atoms with Crippen molar-refractivity contribution in [3.05, 3.63) is 65.2 Å². The Kier molecular flexibility index (Phi) is 5.13. The van der Waals surface area contributed by atoms with Crippen LogP contribution in [0.1, 0.15) is 11.5 Å². The molecule has 2 aromatic carbocycles. The molecular formula is C18H19ClN2O3S. The Morgan fingerprint density at radius 1 is 1.08 bits per heavy atom. The quantitative estimate of drug-likeness (QED) is 0.883. The zero-order valence-corrected chi connectivity index (χ0v) is 15.1. The minimum Gasteiger partial charge on any atom is -0.340 e. The van der Waals surface area contributed by atoms with Gasteiger partial charge in [0.2, 0.25) is 5.91 Å². The van der Waals surface area contributed by atoms with Gasteiger partial charge in [0, 0.05) is 30.1 Å². The first kappa shape index (κ1) is 17.9. The van der Waals surface area contributed by atoms with Gasteiger partial charge in [0.15, 0.2) is 9.84 Å². The highest BCUT2D eigenvalue weighted by molar-refractivity contribution is 7.92. The number of carbonyl (C=O) groups is 1. The molecule has 0 bridgehead atoms. The van der Waals surface area contributed by atoms with Crippen LogP contribution >= 0.6 is 11.6 Å². The van der Waals surface area contributed by atoms with Crippen LogP contribution in [0.3, 0.4) is 0 Å². The van der Waals surface area contributed by atoms with Crippen molar-refractivity contribution in [2.45, 2.75) is 16.9 Å². The molecule has 5 nitrogen and oxygen atoms in total. The summed E-state index contributed by atoms with van der Waals surface area (Å²) in [4.78, 5) is 14.1. The number of nitrogens with zero attached hydrogens (tertiary/aromatic N) is 1. The van der Waals surface area contributed by atoms with Gasteiger partial charge in [0.1, 0.15) is 5.75 Å². The van der Waals surface area contributed by atoms with Gasteiger partial charge < -0.3 is 10.6 Å². The highest BCUT2D eigenvalue weighted by Gasteiger charge is 2.35. The van der Waals surface area contributed by atoms with E-state index in [1.807, 2.05) is 30.3 Å². The standard InChI is InChI=1S/C18H19ClN2O3S/c19-14-6-8-15(9-7-14)25(23,24)12-18(22)21-10-16(17(20)11-21)13-4-2-1-3-5-13/h1-9,16-17H,10-12,20H2/t16-,17+/m0/s1. The second kappa shape index (κ2) is 7.15. The zero-order valence-electron chi connectivity index (χ0n) is 13.5. The van der Waals surface area contributed by atoms with Crippen molar-refractivity contribution in [3.63, 3.8) is 0 Å². The summed E-state index contributed by atoms with van der Waals surface area (Å²) in [5.74, 6) is -0.977. The fraction of sp³-hybridized carbons (Fsp3) is 0.278. The molecular weight excluding hydrogens is 360 g/mol.